The summed E-state index contributed by atoms with van der Waals surface area (Å²) in [7, 11) is -4.48. The first-order chi connectivity index (χ1) is 8.84. The third-order valence-corrected chi connectivity index (χ3v) is 3.71. The summed E-state index contributed by atoms with van der Waals surface area (Å²) < 4.78 is 50.6. The number of nitrogens with zero attached hydrogens (tertiary/aromatic N) is 3. The molecule has 1 heterocycles. The highest BCUT2D eigenvalue weighted by atomic mass is 32.2. The summed E-state index contributed by atoms with van der Waals surface area (Å²) in [6, 6.07) is 2.65. The molecule has 100 valence electrons. The molecule has 1 aromatic heterocycles. The van der Waals surface area contributed by atoms with Crippen LogP contribution in [0, 0.1) is 11.6 Å². The fourth-order valence-electron chi connectivity index (χ4n) is 1.26. The van der Waals surface area contributed by atoms with Crippen LogP contribution in [0.15, 0.2) is 29.3 Å². The molecule has 0 aliphatic heterocycles. The Labute approximate surface area is 105 Å². The van der Waals surface area contributed by atoms with Gasteiger partial charge in [0.25, 0.3) is 15.9 Å². The first kappa shape index (κ1) is 13.1. The summed E-state index contributed by atoms with van der Waals surface area (Å²) in [6.07, 6.45) is 0.710. The van der Waals surface area contributed by atoms with E-state index in [0.29, 0.717) is 6.20 Å². The minimum absolute atomic E-state index is 0.241. The highest BCUT2D eigenvalue weighted by molar-refractivity contribution is 7.89. The van der Waals surface area contributed by atoms with E-state index in [-0.39, 0.29) is 4.09 Å². The van der Waals surface area contributed by atoms with E-state index in [1.165, 1.54) is 0 Å². The van der Waals surface area contributed by atoms with Crippen LogP contribution in [0.3, 0.4) is 0 Å². The van der Waals surface area contributed by atoms with Crippen LogP contribution in [0.2, 0.25) is 0 Å². The lowest BCUT2D eigenvalue weighted by molar-refractivity contribution is 0.0995. The van der Waals surface area contributed by atoms with Crippen LogP contribution in [0.25, 0.3) is 0 Å². The molecule has 2 N–H and O–H groups in total. The van der Waals surface area contributed by atoms with Crippen LogP contribution in [-0.2, 0) is 10.0 Å². The summed E-state index contributed by atoms with van der Waals surface area (Å²) >= 11 is 0. The number of halogens is 2. The molecule has 0 saturated carbocycles. The minimum Gasteiger partial charge on any atom is -0.364 e. The van der Waals surface area contributed by atoms with Crippen molar-refractivity contribution in [2.45, 2.75) is 4.90 Å². The normalized spacial score (nSPS) is 11.5. The van der Waals surface area contributed by atoms with Gasteiger partial charge in [-0.15, -0.1) is 9.19 Å². The van der Waals surface area contributed by atoms with Crippen LogP contribution in [0.1, 0.15) is 10.5 Å². The molecule has 0 bridgehead atoms. The van der Waals surface area contributed by atoms with Crippen molar-refractivity contribution in [1.82, 2.24) is 14.4 Å². The Morgan fingerprint density at radius 1 is 1.32 bits per heavy atom. The Balaban J connectivity index is 2.59. The average Bonchev–Trinajstić information content (AvgIpc) is 2.82. The zero-order valence-corrected chi connectivity index (χ0v) is 9.93. The van der Waals surface area contributed by atoms with Gasteiger partial charge in [-0.2, -0.15) is 8.42 Å². The van der Waals surface area contributed by atoms with Gasteiger partial charge in [-0.25, -0.2) is 8.78 Å². The summed E-state index contributed by atoms with van der Waals surface area (Å²) in [5.74, 6) is -3.86. The van der Waals surface area contributed by atoms with Gasteiger partial charge in [-0.05, 0) is 12.1 Å². The smallest absolute Gasteiger partial charge is 0.287 e. The number of hydrogen-bond donors (Lipinski definition) is 1. The Hall–Kier alpha value is -2.36. The fourth-order valence-corrected chi connectivity index (χ4v) is 2.41. The van der Waals surface area contributed by atoms with Gasteiger partial charge in [0.05, 0.1) is 6.20 Å². The summed E-state index contributed by atoms with van der Waals surface area (Å²) in [6.45, 7) is 0. The van der Waals surface area contributed by atoms with Crippen LogP contribution >= 0.6 is 0 Å². The number of primary amides is 1. The van der Waals surface area contributed by atoms with Crippen LogP contribution in [0.5, 0.6) is 0 Å². The van der Waals surface area contributed by atoms with Gasteiger partial charge in [-0.1, -0.05) is 11.3 Å². The molecule has 0 fully saturated rings. The molecule has 0 atom stereocenters. The predicted molar refractivity (Wildman–Crippen MR) is 57.5 cm³/mol. The van der Waals surface area contributed by atoms with E-state index in [1.54, 1.807) is 0 Å². The number of nitrogens with two attached hydrogens (primary N) is 1. The molecule has 7 nitrogen and oxygen atoms in total. The third kappa shape index (κ3) is 2.17. The molecular formula is C9H6F2N4O3S. The largest absolute Gasteiger partial charge is 0.364 e. The number of benzene rings is 1. The zero-order valence-electron chi connectivity index (χ0n) is 9.12. The van der Waals surface area contributed by atoms with E-state index in [0.717, 1.165) is 18.2 Å². The summed E-state index contributed by atoms with van der Waals surface area (Å²) in [5, 5.41) is 6.35. The van der Waals surface area contributed by atoms with Crippen molar-refractivity contribution in [3.8, 4) is 0 Å². The number of amides is 1. The van der Waals surface area contributed by atoms with Crippen molar-refractivity contribution in [2.75, 3.05) is 0 Å². The minimum atomic E-state index is -4.48. The molecular weight excluding hydrogens is 282 g/mol. The molecule has 0 saturated heterocycles. The number of carbonyl (C=O) groups is 1. The SMILES string of the molecule is NC(=O)c1cn(S(=O)(=O)c2cccc(F)c2F)nn1. The Morgan fingerprint density at radius 3 is 2.58 bits per heavy atom. The summed E-state index contributed by atoms with van der Waals surface area (Å²) in [4.78, 5) is 9.85. The molecule has 0 radical (unpaired) electrons. The lowest BCUT2D eigenvalue weighted by atomic mass is 10.3. The highest BCUT2D eigenvalue weighted by Gasteiger charge is 2.25. The average molecular weight is 288 g/mol. The molecule has 2 aromatic rings. The maximum atomic E-state index is 13.4. The van der Waals surface area contributed by atoms with Crippen LogP contribution < -0.4 is 5.73 Å². The fraction of sp³-hybridized carbons (Fsp3) is 0. The van der Waals surface area contributed by atoms with Crippen molar-refractivity contribution >= 4 is 15.9 Å². The van der Waals surface area contributed by atoms with Crippen LogP contribution in [-0.4, -0.2) is 28.7 Å². The van der Waals surface area contributed by atoms with Gasteiger partial charge < -0.3 is 5.73 Å². The quantitative estimate of drug-likeness (QED) is 0.848. The number of hydrogen-bond acceptors (Lipinski definition) is 5. The van der Waals surface area contributed by atoms with Crippen molar-refractivity contribution in [1.29, 1.82) is 0 Å². The molecule has 2 rings (SSSR count). The molecule has 0 unspecified atom stereocenters. The monoisotopic (exact) mass is 288 g/mol. The molecule has 19 heavy (non-hydrogen) atoms. The molecule has 1 aromatic carbocycles. The first-order valence-electron chi connectivity index (χ1n) is 4.76. The summed E-state index contributed by atoms with van der Waals surface area (Å²) in [5.41, 5.74) is 4.46. The maximum absolute atomic E-state index is 13.4. The molecule has 1 amide bonds. The Morgan fingerprint density at radius 2 is 2.00 bits per heavy atom. The number of aromatic nitrogens is 3. The molecule has 0 aliphatic carbocycles. The van der Waals surface area contributed by atoms with E-state index >= 15 is 0 Å². The second kappa shape index (κ2) is 4.39. The first-order valence-corrected chi connectivity index (χ1v) is 6.20. The van der Waals surface area contributed by atoms with Gasteiger partial charge in [0.15, 0.2) is 17.3 Å². The van der Waals surface area contributed by atoms with Crippen LogP contribution in [0.4, 0.5) is 8.78 Å². The van der Waals surface area contributed by atoms with E-state index in [9.17, 15) is 22.0 Å². The topological polar surface area (TPSA) is 108 Å². The number of rotatable bonds is 3. The third-order valence-electron chi connectivity index (χ3n) is 2.17. The van der Waals surface area contributed by atoms with E-state index in [1.807, 2.05) is 0 Å². The van der Waals surface area contributed by atoms with Crippen molar-refractivity contribution in [2.24, 2.45) is 5.73 Å². The molecule has 0 spiro atoms. The van der Waals surface area contributed by atoms with Gasteiger partial charge in [0.2, 0.25) is 0 Å². The van der Waals surface area contributed by atoms with E-state index in [4.69, 9.17) is 5.73 Å². The van der Waals surface area contributed by atoms with Gasteiger partial charge in [-0.3, -0.25) is 4.79 Å². The van der Waals surface area contributed by atoms with Crippen molar-refractivity contribution < 1.29 is 22.0 Å². The second-order valence-electron chi connectivity index (χ2n) is 3.40. The molecule has 0 aliphatic rings. The van der Waals surface area contributed by atoms with Crippen molar-refractivity contribution in [3.63, 3.8) is 0 Å². The maximum Gasteiger partial charge on any atom is 0.287 e. The second-order valence-corrected chi connectivity index (χ2v) is 5.16. The lowest BCUT2D eigenvalue weighted by Gasteiger charge is -2.04. The Bertz CT molecular complexity index is 757. The van der Waals surface area contributed by atoms with Gasteiger partial charge in [0.1, 0.15) is 4.90 Å². The van der Waals surface area contributed by atoms with E-state index < -0.39 is 38.2 Å². The standard InChI is InChI=1S/C9H6F2N4O3S/c10-5-2-1-3-7(8(5)11)19(17,18)15-4-6(9(12)16)13-14-15/h1-4H,(H2,12,16). The van der Waals surface area contributed by atoms with Gasteiger partial charge in [0, 0.05) is 0 Å². The van der Waals surface area contributed by atoms with E-state index in [2.05, 4.69) is 10.3 Å². The zero-order chi connectivity index (χ0) is 14.2. The lowest BCUT2D eigenvalue weighted by Crippen LogP contribution is -2.16. The Kier molecular flexibility index (Phi) is 3.02. The molecule has 10 heteroatoms. The van der Waals surface area contributed by atoms with Crippen molar-refractivity contribution in [3.05, 3.63) is 41.7 Å². The predicted octanol–water partition coefficient (Wildman–Crippen LogP) is -0.108. The number of carbonyl (C=O) groups excluding carboxylic acids is 1. The highest BCUT2D eigenvalue weighted by Crippen LogP contribution is 2.19. The van der Waals surface area contributed by atoms with Gasteiger partial charge >= 0.3 is 0 Å².